The van der Waals surface area contributed by atoms with Crippen molar-refractivity contribution in [2.24, 2.45) is 0 Å². The highest BCUT2D eigenvalue weighted by Gasteiger charge is 2.22. The molecule has 1 amide bonds. The minimum absolute atomic E-state index is 0.0141. The molecule has 0 radical (unpaired) electrons. The second kappa shape index (κ2) is 7.74. The maximum atomic E-state index is 12.8. The number of thiazole rings is 1. The number of rotatable bonds is 6. The molecule has 6 heteroatoms. The van der Waals surface area contributed by atoms with Crippen molar-refractivity contribution in [3.8, 4) is 11.5 Å². The van der Waals surface area contributed by atoms with E-state index in [9.17, 15) is 4.79 Å². The molecule has 1 atom stereocenters. The van der Waals surface area contributed by atoms with Crippen molar-refractivity contribution in [2.45, 2.75) is 19.4 Å². The van der Waals surface area contributed by atoms with Crippen LogP contribution in [0.25, 0.3) is 10.2 Å². The average Bonchev–Trinajstić information content (AvgIpc) is 3.11. The third kappa shape index (κ3) is 3.65. The molecule has 3 aromatic rings. The lowest BCUT2D eigenvalue weighted by atomic mass is 10.1. The number of para-hydroxylation sites is 1. The molecule has 0 aliphatic rings. The van der Waals surface area contributed by atoms with Gasteiger partial charge >= 0.3 is 0 Å². The number of aromatic nitrogens is 1. The largest absolute Gasteiger partial charge is 0.497 e. The Morgan fingerprint density at radius 1 is 1.19 bits per heavy atom. The van der Waals surface area contributed by atoms with Gasteiger partial charge in [0.2, 0.25) is 5.91 Å². The summed E-state index contributed by atoms with van der Waals surface area (Å²) in [5, 5.41) is 0.934. The standard InChI is InChI=1S/C20H22N2O3S/c1-13(20-21-16-7-5-6-8-18(16)26-20)22(2)19(23)11-14-9-10-15(24-3)12-17(14)25-4/h5-10,12-13H,11H2,1-4H3/t13-/m1/s1. The first-order chi connectivity index (χ1) is 12.5. The molecule has 0 saturated heterocycles. The molecule has 2 aromatic carbocycles. The fourth-order valence-electron chi connectivity index (χ4n) is 2.74. The molecule has 0 aliphatic carbocycles. The molecule has 0 spiro atoms. The Morgan fingerprint density at radius 3 is 2.65 bits per heavy atom. The van der Waals surface area contributed by atoms with Gasteiger partial charge in [0, 0.05) is 18.7 Å². The third-order valence-corrected chi connectivity index (χ3v) is 5.68. The smallest absolute Gasteiger partial charge is 0.227 e. The molecule has 0 N–H and O–H groups in total. The van der Waals surface area contributed by atoms with E-state index in [1.807, 2.05) is 50.4 Å². The molecule has 1 aromatic heterocycles. The van der Waals surface area contributed by atoms with Crippen LogP contribution in [0.1, 0.15) is 23.5 Å². The number of likely N-dealkylation sites (N-methyl/N-ethyl adjacent to an activating group) is 1. The molecule has 26 heavy (non-hydrogen) atoms. The summed E-state index contributed by atoms with van der Waals surface area (Å²) in [5.41, 5.74) is 1.80. The van der Waals surface area contributed by atoms with Crippen molar-refractivity contribution in [1.82, 2.24) is 9.88 Å². The van der Waals surface area contributed by atoms with Gasteiger partial charge in [0.25, 0.3) is 0 Å². The van der Waals surface area contributed by atoms with Crippen molar-refractivity contribution >= 4 is 27.5 Å². The van der Waals surface area contributed by atoms with E-state index in [1.165, 1.54) is 0 Å². The van der Waals surface area contributed by atoms with Crippen LogP contribution in [0.4, 0.5) is 0 Å². The lowest BCUT2D eigenvalue weighted by molar-refractivity contribution is -0.131. The average molecular weight is 370 g/mol. The quantitative estimate of drug-likeness (QED) is 0.656. The number of amides is 1. The molecule has 0 bridgehead atoms. The van der Waals surface area contributed by atoms with Gasteiger partial charge in [-0.3, -0.25) is 4.79 Å². The molecular formula is C20H22N2O3S. The summed E-state index contributed by atoms with van der Waals surface area (Å²) in [6.45, 7) is 2.00. The van der Waals surface area contributed by atoms with Crippen LogP contribution in [0, 0.1) is 0 Å². The predicted molar refractivity (Wildman–Crippen MR) is 104 cm³/mol. The Morgan fingerprint density at radius 2 is 1.96 bits per heavy atom. The first kappa shape index (κ1) is 18.2. The molecule has 5 nitrogen and oxygen atoms in total. The number of fused-ring (bicyclic) bond motifs is 1. The van der Waals surface area contributed by atoms with Gasteiger partial charge in [-0.15, -0.1) is 11.3 Å². The minimum atomic E-state index is -0.0934. The fraction of sp³-hybridized carbons (Fsp3) is 0.300. The second-order valence-electron chi connectivity index (χ2n) is 6.05. The van der Waals surface area contributed by atoms with Crippen molar-refractivity contribution in [2.75, 3.05) is 21.3 Å². The van der Waals surface area contributed by atoms with Gasteiger partial charge in [-0.05, 0) is 25.1 Å². The predicted octanol–water partition coefficient (Wildman–Crippen LogP) is 4.08. The molecule has 0 aliphatic heterocycles. The van der Waals surface area contributed by atoms with Crippen LogP contribution in [-0.4, -0.2) is 37.1 Å². The van der Waals surface area contributed by atoms with Gasteiger partial charge in [-0.25, -0.2) is 4.98 Å². The van der Waals surface area contributed by atoms with Crippen LogP contribution >= 0.6 is 11.3 Å². The molecule has 3 rings (SSSR count). The van der Waals surface area contributed by atoms with Crippen LogP contribution in [0.5, 0.6) is 11.5 Å². The van der Waals surface area contributed by atoms with Gasteiger partial charge in [0.05, 0.1) is 36.9 Å². The Kier molecular flexibility index (Phi) is 5.42. The van der Waals surface area contributed by atoms with E-state index in [-0.39, 0.29) is 18.4 Å². The third-order valence-electron chi connectivity index (χ3n) is 4.48. The molecular weight excluding hydrogens is 348 g/mol. The maximum Gasteiger partial charge on any atom is 0.227 e. The van der Waals surface area contributed by atoms with E-state index < -0.39 is 0 Å². The van der Waals surface area contributed by atoms with E-state index in [4.69, 9.17) is 9.47 Å². The Hall–Kier alpha value is -2.60. The molecule has 0 unspecified atom stereocenters. The van der Waals surface area contributed by atoms with Crippen LogP contribution in [0.2, 0.25) is 0 Å². The van der Waals surface area contributed by atoms with Crippen LogP contribution < -0.4 is 9.47 Å². The lowest BCUT2D eigenvalue weighted by Crippen LogP contribution is -2.31. The summed E-state index contributed by atoms with van der Waals surface area (Å²) in [4.78, 5) is 19.2. The normalized spacial score (nSPS) is 12.0. The molecule has 0 fully saturated rings. The molecule has 136 valence electrons. The molecule has 1 heterocycles. The van der Waals surface area contributed by atoms with E-state index >= 15 is 0 Å². The summed E-state index contributed by atoms with van der Waals surface area (Å²) in [7, 11) is 5.01. The number of nitrogens with zero attached hydrogens (tertiary/aromatic N) is 2. The van der Waals surface area contributed by atoms with E-state index in [0.29, 0.717) is 11.5 Å². The SMILES string of the molecule is COc1ccc(CC(=O)N(C)[C@H](C)c2nc3ccccc3s2)c(OC)c1. The zero-order chi connectivity index (χ0) is 18.7. The summed E-state index contributed by atoms with van der Waals surface area (Å²) in [6.07, 6.45) is 0.263. The van der Waals surface area contributed by atoms with Crippen molar-refractivity contribution in [3.05, 3.63) is 53.0 Å². The lowest BCUT2D eigenvalue weighted by Gasteiger charge is -2.23. The monoisotopic (exact) mass is 370 g/mol. The van der Waals surface area contributed by atoms with Gasteiger partial charge in [0.15, 0.2) is 0 Å². The minimum Gasteiger partial charge on any atom is -0.497 e. The van der Waals surface area contributed by atoms with E-state index in [2.05, 4.69) is 4.98 Å². The fourth-order valence-corrected chi connectivity index (χ4v) is 3.80. The summed E-state index contributed by atoms with van der Waals surface area (Å²) < 4.78 is 11.7. The maximum absolute atomic E-state index is 12.8. The zero-order valence-corrected chi connectivity index (χ0v) is 16.2. The van der Waals surface area contributed by atoms with Gasteiger partial charge in [0.1, 0.15) is 16.5 Å². The van der Waals surface area contributed by atoms with Gasteiger partial charge in [-0.2, -0.15) is 0 Å². The van der Waals surface area contributed by atoms with Crippen LogP contribution in [-0.2, 0) is 11.2 Å². The van der Waals surface area contributed by atoms with Crippen molar-refractivity contribution in [3.63, 3.8) is 0 Å². The summed E-state index contributed by atoms with van der Waals surface area (Å²) in [5.74, 6) is 1.37. The zero-order valence-electron chi connectivity index (χ0n) is 15.4. The highest BCUT2D eigenvalue weighted by molar-refractivity contribution is 7.18. The van der Waals surface area contributed by atoms with E-state index in [1.54, 1.807) is 36.5 Å². The highest BCUT2D eigenvalue weighted by Crippen LogP contribution is 2.30. The number of hydrogen-bond acceptors (Lipinski definition) is 5. The van der Waals surface area contributed by atoms with E-state index in [0.717, 1.165) is 20.8 Å². The number of methoxy groups -OCH3 is 2. The molecule has 0 saturated carbocycles. The van der Waals surface area contributed by atoms with Gasteiger partial charge < -0.3 is 14.4 Å². The number of benzene rings is 2. The van der Waals surface area contributed by atoms with Crippen molar-refractivity contribution in [1.29, 1.82) is 0 Å². The summed E-state index contributed by atoms with van der Waals surface area (Å²) in [6, 6.07) is 13.4. The van der Waals surface area contributed by atoms with Crippen molar-refractivity contribution < 1.29 is 14.3 Å². The topological polar surface area (TPSA) is 51.7 Å². The van der Waals surface area contributed by atoms with Crippen LogP contribution in [0.15, 0.2) is 42.5 Å². The Balaban J connectivity index is 1.76. The summed E-state index contributed by atoms with van der Waals surface area (Å²) >= 11 is 1.62. The number of hydrogen-bond donors (Lipinski definition) is 0. The first-order valence-electron chi connectivity index (χ1n) is 8.35. The first-order valence-corrected chi connectivity index (χ1v) is 9.17. The van der Waals surface area contributed by atoms with Gasteiger partial charge in [-0.1, -0.05) is 18.2 Å². The number of carbonyl (C=O) groups excluding carboxylic acids is 1. The number of ether oxygens (including phenoxy) is 2. The second-order valence-corrected chi connectivity index (χ2v) is 7.12. The highest BCUT2D eigenvalue weighted by atomic mass is 32.1. The number of carbonyl (C=O) groups is 1. The Labute approximate surface area is 157 Å². The Bertz CT molecular complexity index is 889. The van der Waals surface area contributed by atoms with Crippen LogP contribution in [0.3, 0.4) is 0 Å².